The molecule has 1 aliphatic carbocycles. The first kappa shape index (κ1) is 14.2. The summed E-state index contributed by atoms with van der Waals surface area (Å²) in [5.74, 6) is 1.68. The summed E-state index contributed by atoms with van der Waals surface area (Å²) >= 11 is 12.0. The van der Waals surface area contributed by atoms with Crippen molar-refractivity contribution in [2.24, 2.45) is 11.8 Å². The molecule has 0 aliphatic heterocycles. The van der Waals surface area contributed by atoms with Crippen molar-refractivity contribution >= 4 is 23.2 Å². The second kappa shape index (κ2) is 6.27. The Hall–Kier alpha value is -0.240. The minimum absolute atomic E-state index is 0.633. The maximum atomic E-state index is 6.00. The summed E-state index contributed by atoms with van der Waals surface area (Å²) in [5.41, 5.74) is 1.17. The topological polar surface area (TPSA) is 12.0 Å². The maximum Gasteiger partial charge on any atom is 0.0424 e. The van der Waals surface area contributed by atoms with Crippen LogP contribution in [-0.2, 0) is 6.54 Å². The van der Waals surface area contributed by atoms with Gasteiger partial charge in [0.25, 0.3) is 0 Å². The highest BCUT2D eigenvalue weighted by atomic mass is 35.5. The Morgan fingerprint density at radius 3 is 2.33 bits per heavy atom. The summed E-state index contributed by atoms with van der Waals surface area (Å²) in [7, 11) is 0. The number of nitrogens with one attached hydrogen (secondary N) is 1. The Bertz CT molecular complexity index is 385. The van der Waals surface area contributed by atoms with E-state index in [4.69, 9.17) is 23.2 Å². The van der Waals surface area contributed by atoms with Gasteiger partial charge in [0.2, 0.25) is 0 Å². The zero-order valence-electron chi connectivity index (χ0n) is 11.0. The minimum Gasteiger partial charge on any atom is -0.310 e. The third-order valence-electron chi connectivity index (χ3n) is 4.12. The molecule has 1 aromatic rings. The fourth-order valence-electron chi connectivity index (χ4n) is 2.71. The lowest BCUT2D eigenvalue weighted by molar-refractivity contribution is 0.225. The lowest BCUT2D eigenvalue weighted by atomic mass is 9.79. The van der Waals surface area contributed by atoms with Crippen LogP contribution < -0.4 is 5.32 Å². The van der Waals surface area contributed by atoms with E-state index in [9.17, 15) is 0 Å². The van der Waals surface area contributed by atoms with Crippen LogP contribution in [0.1, 0.15) is 38.7 Å². The molecule has 0 radical (unpaired) electrons. The SMILES string of the molecule is CC1CCC(NCc2cc(Cl)cc(Cl)c2)CC1C. The molecule has 0 amide bonds. The molecule has 1 aromatic carbocycles. The van der Waals surface area contributed by atoms with Crippen LogP contribution in [0.3, 0.4) is 0 Å². The fourth-order valence-corrected chi connectivity index (χ4v) is 3.28. The Kier molecular flexibility index (Phi) is 4.94. The molecule has 3 heteroatoms. The summed E-state index contributed by atoms with van der Waals surface area (Å²) in [5, 5.41) is 5.05. The van der Waals surface area contributed by atoms with Crippen molar-refractivity contribution < 1.29 is 0 Å². The minimum atomic E-state index is 0.633. The van der Waals surface area contributed by atoms with E-state index >= 15 is 0 Å². The molecule has 0 aromatic heterocycles. The van der Waals surface area contributed by atoms with E-state index in [0.29, 0.717) is 16.1 Å². The smallest absolute Gasteiger partial charge is 0.0424 e. The molecule has 2 rings (SSSR count). The van der Waals surface area contributed by atoms with Gasteiger partial charge in [-0.25, -0.2) is 0 Å². The van der Waals surface area contributed by atoms with Crippen molar-refractivity contribution in [3.05, 3.63) is 33.8 Å². The summed E-state index contributed by atoms with van der Waals surface area (Å²) in [6.45, 7) is 5.57. The van der Waals surface area contributed by atoms with Crippen molar-refractivity contribution in [3.63, 3.8) is 0 Å². The van der Waals surface area contributed by atoms with Crippen LogP contribution in [0.5, 0.6) is 0 Å². The molecule has 0 bridgehead atoms. The van der Waals surface area contributed by atoms with Crippen molar-refractivity contribution in [2.75, 3.05) is 0 Å². The number of rotatable bonds is 3. The van der Waals surface area contributed by atoms with Crippen LogP contribution in [0, 0.1) is 11.8 Å². The van der Waals surface area contributed by atoms with Crippen LogP contribution in [0.25, 0.3) is 0 Å². The van der Waals surface area contributed by atoms with E-state index in [1.54, 1.807) is 6.07 Å². The van der Waals surface area contributed by atoms with E-state index in [2.05, 4.69) is 19.2 Å². The largest absolute Gasteiger partial charge is 0.310 e. The first-order valence-corrected chi connectivity index (χ1v) is 7.48. The predicted octanol–water partition coefficient (Wildman–Crippen LogP) is 4.91. The monoisotopic (exact) mass is 285 g/mol. The van der Waals surface area contributed by atoms with Crippen LogP contribution in [0.4, 0.5) is 0 Å². The normalized spacial score (nSPS) is 28.3. The number of halogens is 2. The van der Waals surface area contributed by atoms with Crippen molar-refractivity contribution in [3.8, 4) is 0 Å². The van der Waals surface area contributed by atoms with Gasteiger partial charge in [-0.1, -0.05) is 37.0 Å². The molecule has 1 aliphatic rings. The Labute approximate surface area is 120 Å². The van der Waals surface area contributed by atoms with Gasteiger partial charge in [0.15, 0.2) is 0 Å². The lowest BCUT2D eigenvalue weighted by Gasteiger charge is -2.32. The van der Waals surface area contributed by atoms with Crippen molar-refractivity contribution in [1.82, 2.24) is 5.32 Å². The maximum absolute atomic E-state index is 6.00. The van der Waals surface area contributed by atoms with Gasteiger partial charge in [0, 0.05) is 22.6 Å². The highest BCUT2D eigenvalue weighted by molar-refractivity contribution is 6.34. The van der Waals surface area contributed by atoms with Crippen LogP contribution in [-0.4, -0.2) is 6.04 Å². The molecular formula is C15H21Cl2N. The summed E-state index contributed by atoms with van der Waals surface area (Å²) in [4.78, 5) is 0. The second-order valence-corrected chi connectivity index (χ2v) is 6.50. The Morgan fingerprint density at radius 1 is 1.06 bits per heavy atom. The van der Waals surface area contributed by atoms with Gasteiger partial charge in [-0.15, -0.1) is 0 Å². The molecule has 1 nitrogen and oxygen atoms in total. The molecule has 3 unspecified atom stereocenters. The highest BCUT2D eigenvalue weighted by Gasteiger charge is 2.23. The highest BCUT2D eigenvalue weighted by Crippen LogP contribution is 2.29. The summed E-state index contributed by atoms with van der Waals surface area (Å²) in [6, 6.07) is 6.37. The van der Waals surface area contributed by atoms with Crippen LogP contribution in [0.15, 0.2) is 18.2 Å². The molecule has 100 valence electrons. The Balaban J connectivity index is 1.88. The average molecular weight is 286 g/mol. The van der Waals surface area contributed by atoms with Crippen molar-refractivity contribution in [2.45, 2.75) is 45.7 Å². The Morgan fingerprint density at radius 2 is 1.72 bits per heavy atom. The zero-order chi connectivity index (χ0) is 13.1. The van der Waals surface area contributed by atoms with Crippen LogP contribution >= 0.6 is 23.2 Å². The van der Waals surface area contributed by atoms with Gasteiger partial charge >= 0.3 is 0 Å². The first-order chi connectivity index (χ1) is 8.54. The summed E-state index contributed by atoms with van der Waals surface area (Å²) in [6.07, 6.45) is 3.88. The van der Waals surface area contributed by atoms with Gasteiger partial charge in [-0.05, 0) is 54.9 Å². The van der Waals surface area contributed by atoms with Gasteiger partial charge in [-0.2, -0.15) is 0 Å². The fraction of sp³-hybridized carbons (Fsp3) is 0.600. The molecule has 1 N–H and O–H groups in total. The molecule has 1 saturated carbocycles. The van der Waals surface area contributed by atoms with E-state index in [-0.39, 0.29) is 0 Å². The lowest BCUT2D eigenvalue weighted by Crippen LogP contribution is -2.35. The molecule has 0 spiro atoms. The average Bonchev–Trinajstić information content (AvgIpc) is 2.29. The second-order valence-electron chi connectivity index (χ2n) is 5.62. The molecule has 18 heavy (non-hydrogen) atoms. The number of hydrogen-bond donors (Lipinski definition) is 1. The molecule has 1 fully saturated rings. The zero-order valence-corrected chi connectivity index (χ0v) is 12.6. The third-order valence-corrected chi connectivity index (χ3v) is 4.55. The van der Waals surface area contributed by atoms with E-state index in [1.165, 1.54) is 24.8 Å². The standard InChI is InChI=1S/C15H21Cl2N/c1-10-3-4-15(5-11(10)2)18-9-12-6-13(16)8-14(17)7-12/h6-8,10-11,15,18H,3-5,9H2,1-2H3. The van der Waals surface area contributed by atoms with Gasteiger partial charge in [0.1, 0.15) is 0 Å². The first-order valence-electron chi connectivity index (χ1n) is 6.73. The molecule has 0 saturated heterocycles. The molecule has 0 heterocycles. The van der Waals surface area contributed by atoms with Gasteiger partial charge in [0.05, 0.1) is 0 Å². The summed E-state index contributed by atoms with van der Waals surface area (Å²) < 4.78 is 0. The molecular weight excluding hydrogens is 265 g/mol. The van der Waals surface area contributed by atoms with E-state index in [0.717, 1.165) is 18.4 Å². The van der Waals surface area contributed by atoms with E-state index in [1.807, 2.05) is 12.1 Å². The molecule has 3 atom stereocenters. The third kappa shape index (κ3) is 3.88. The van der Waals surface area contributed by atoms with Gasteiger partial charge in [-0.3, -0.25) is 0 Å². The van der Waals surface area contributed by atoms with Crippen LogP contribution in [0.2, 0.25) is 10.0 Å². The number of hydrogen-bond acceptors (Lipinski definition) is 1. The van der Waals surface area contributed by atoms with Gasteiger partial charge < -0.3 is 5.32 Å². The quantitative estimate of drug-likeness (QED) is 0.832. The van der Waals surface area contributed by atoms with E-state index < -0.39 is 0 Å². The number of benzene rings is 1. The van der Waals surface area contributed by atoms with Crippen molar-refractivity contribution in [1.29, 1.82) is 0 Å². The predicted molar refractivity (Wildman–Crippen MR) is 79.3 cm³/mol.